The molecule has 1 N–H and O–H groups in total. The summed E-state index contributed by atoms with van der Waals surface area (Å²) in [7, 11) is 1.58. The summed E-state index contributed by atoms with van der Waals surface area (Å²) in [6, 6.07) is 14.6. The predicted octanol–water partition coefficient (Wildman–Crippen LogP) is 3.31. The molecule has 116 valence electrons. The maximum absolute atomic E-state index is 12.1. The van der Waals surface area contributed by atoms with Crippen molar-refractivity contribution in [2.24, 2.45) is 0 Å². The number of carbonyl (C=O) groups excluding carboxylic acids is 1. The summed E-state index contributed by atoms with van der Waals surface area (Å²) >= 11 is 0. The topological polar surface area (TPSA) is 77.2 Å². The van der Waals surface area contributed by atoms with Crippen LogP contribution in [0.2, 0.25) is 0 Å². The van der Waals surface area contributed by atoms with E-state index in [4.69, 9.17) is 9.15 Å². The van der Waals surface area contributed by atoms with E-state index in [9.17, 15) is 4.79 Å². The molecule has 0 saturated heterocycles. The zero-order chi connectivity index (χ0) is 16.2. The second-order valence-corrected chi connectivity index (χ2v) is 4.96. The van der Waals surface area contributed by atoms with Crippen molar-refractivity contribution in [3.8, 4) is 17.2 Å². The van der Waals surface area contributed by atoms with Gasteiger partial charge in [0.15, 0.2) is 0 Å². The number of benzene rings is 2. The molecule has 0 spiro atoms. The van der Waals surface area contributed by atoms with Gasteiger partial charge in [0, 0.05) is 11.3 Å². The molecule has 0 radical (unpaired) electrons. The van der Waals surface area contributed by atoms with Crippen molar-refractivity contribution in [3.63, 3.8) is 0 Å². The van der Waals surface area contributed by atoms with Crippen LogP contribution in [0, 0.1) is 6.92 Å². The van der Waals surface area contributed by atoms with Gasteiger partial charge in [-0.2, -0.15) is 0 Å². The molecule has 0 unspecified atom stereocenters. The van der Waals surface area contributed by atoms with E-state index in [1.54, 1.807) is 31.4 Å². The number of aryl methyl sites for hydroxylation is 1. The van der Waals surface area contributed by atoms with Crippen LogP contribution in [0.5, 0.6) is 5.75 Å². The number of anilines is 1. The highest BCUT2D eigenvalue weighted by molar-refractivity contribution is 6.00. The highest BCUT2D eigenvalue weighted by atomic mass is 16.5. The van der Waals surface area contributed by atoms with E-state index >= 15 is 0 Å². The minimum Gasteiger partial charge on any atom is -0.497 e. The Morgan fingerprint density at radius 3 is 2.39 bits per heavy atom. The van der Waals surface area contributed by atoms with Crippen LogP contribution in [-0.4, -0.2) is 23.2 Å². The van der Waals surface area contributed by atoms with E-state index in [1.165, 1.54) is 0 Å². The third-order valence-corrected chi connectivity index (χ3v) is 3.27. The van der Waals surface area contributed by atoms with Gasteiger partial charge in [0.1, 0.15) is 5.75 Å². The molecule has 6 heteroatoms. The average Bonchev–Trinajstić information content (AvgIpc) is 3.06. The minimum atomic E-state index is -0.457. The minimum absolute atomic E-state index is 0.0867. The fourth-order valence-corrected chi connectivity index (χ4v) is 1.99. The Hall–Kier alpha value is -3.15. The summed E-state index contributed by atoms with van der Waals surface area (Å²) < 4.78 is 10.5. The van der Waals surface area contributed by atoms with Crippen LogP contribution in [0.15, 0.2) is 52.9 Å². The summed E-state index contributed by atoms with van der Waals surface area (Å²) in [6.45, 7) is 1.99. The maximum Gasteiger partial charge on any atom is 0.313 e. The zero-order valence-electron chi connectivity index (χ0n) is 12.7. The van der Waals surface area contributed by atoms with Crippen LogP contribution in [0.25, 0.3) is 11.5 Å². The van der Waals surface area contributed by atoms with Crippen LogP contribution in [0.1, 0.15) is 16.2 Å². The van der Waals surface area contributed by atoms with Gasteiger partial charge in [-0.1, -0.05) is 17.7 Å². The molecule has 0 aliphatic rings. The Balaban J connectivity index is 1.74. The van der Waals surface area contributed by atoms with Crippen molar-refractivity contribution in [1.29, 1.82) is 0 Å². The normalized spacial score (nSPS) is 10.3. The summed E-state index contributed by atoms with van der Waals surface area (Å²) in [5, 5.41) is 10.4. The molecule has 0 aliphatic carbocycles. The Morgan fingerprint density at radius 2 is 1.74 bits per heavy atom. The molecule has 0 atom stereocenters. The van der Waals surface area contributed by atoms with Gasteiger partial charge < -0.3 is 14.5 Å². The first-order chi connectivity index (χ1) is 11.2. The van der Waals surface area contributed by atoms with Gasteiger partial charge in [-0.25, -0.2) is 0 Å². The molecular weight excluding hydrogens is 294 g/mol. The monoisotopic (exact) mass is 309 g/mol. The molecule has 0 bridgehead atoms. The lowest BCUT2D eigenvalue weighted by atomic mass is 10.1. The van der Waals surface area contributed by atoms with Crippen LogP contribution >= 0.6 is 0 Å². The van der Waals surface area contributed by atoms with Gasteiger partial charge >= 0.3 is 11.8 Å². The number of aromatic nitrogens is 2. The maximum atomic E-state index is 12.1. The fourth-order valence-electron chi connectivity index (χ4n) is 1.99. The standard InChI is InChI=1S/C17H15N3O3/c1-11-3-5-12(6-4-11)16-19-20-17(23-16)15(21)18-13-7-9-14(22-2)10-8-13/h3-10H,1-2H3,(H,18,21). The molecule has 3 aromatic rings. The van der Waals surface area contributed by atoms with E-state index in [2.05, 4.69) is 15.5 Å². The lowest BCUT2D eigenvalue weighted by molar-refractivity contribution is 0.0991. The van der Waals surface area contributed by atoms with E-state index in [1.807, 2.05) is 31.2 Å². The van der Waals surface area contributed by atoms with Crippen LogP contribution in [0.3, 0.4) is 0 Å². The first-order valence-corrected chi connectivity index (χ1v) is 7.01. The first-order valence-electron chi connectivity index (χ1n) is 7.01. The first kappa shape index (κ1) is 14.8. The molecule has 1 amide bonds. The number of hydrogen-bond acceptors (Lipinski definition) is 5. The molecule has 1 heterocycles. The number of nitrogens with one attached hydrogen (secondary N) is 1. The van der Waals surface area contributed by atoms with Crippen LogP contribution in [-0.2, 0) is 0 Å². The fraction of sp³-hybridized carbons (Fsp3) is 0.118. The Labute approximate surface area is 133 Å². The van der Waals surface area contributed by atoms with Gasteiger partial charge in [-0.15, -0.1) is 10.2 Å². The molecular formula is C17H15N3O3. The van der Waals surface area contributed by atoms with E-state index < -0.39 is 5.91 Å². The number of nitrogens with zero attached hydrogens (tertiary/aromatic N) is 2. The van der Waals surface area contributed by atoms with E-state index in [0.29, 0.717) is 17.3 Å². The van der Waals surface area contributed by atoms with Gasteiger partial charge in [0.25, 0.3) is 0 Å². The summed E-state index contributed by atoms with van der Waals surface area (Å²) in [5.74, 6) is 0.477. The molecule has 0 fully saturated rings. The molecule has 2 aromatic carbocycles. The third-order valence-electron chi connectivity index (χ3n) is 3.27. The Morgan fingerprint density at radius 1 is 1.04 bits per heavy atom. The van der Waals surface area contributed by atoms with Crippen LogP contribution in [0.4, 0.5) is 5.69 Å². The molecule has 6 nitrogen and oxygen atoms in total. The highest BCUT2D eigenvalue weighted by Gasteiger charge is 2.16. The lowest BCUT2D eigenvalue weighted by Crippen LogP contribution is -2.12. The van der Waals surface area contributed by atoms with Crippen molar-refractivity contribution in [1.82, 2.24) is 10.2 Å². The van der Waals surface area contributed by atoms with Gasteiger partial charge in [0.2, 0.25) is 5.89 Å². The highest BCUT2D eigenvalue weighted by Crippen LogP contribution is 2.19. The molecule has 1 aromatic heterocycles. The van der Waals surface area contributed by atoms with Crippen LogP contribution < -0.4 is 10.1 Å². The number of amides is 1. The predicted molar refractivity (Wildman–Crippen MR) is 85.4 cm³/mol. The van der Waals surface area contributed by atoms with E-state index in [0.717, 1.165) is 11.1 Å². The summed E-state index contributed by atoms with van der Waals surface area (Å²) in [6.07, 6.45) is 0. The van der Waals surface area contributed by atoms with Crippen molar-refractivity contribution < 1.29 is 13.9 Å². The van der Waals surface area contributed by atoms with Gasteiger partial charge in [-0.3, -0.25) is 4.79 Å². The Bertz CT molecular complexity index is 808. The SMILES string of the molecule is COc1ccc(NC(=O)c2nnc(-c3ccc(C)cc3)o2)cc1. The zero-order valence-corrected chi connectivity index (χ0v) is 12.7. The number of rotatable bonds is 4. The van der Waals surface area contributed by atoms with E-state index in [-0.39, 0.29) is 5.89 Å². The second-order valence-electron chi connectivity index (χ2n) is 4.96. The van der Waals surface area contributed by atoms with Crippen molar-refractivity contribution in [2.45, 2.75) is 6.92 Å². The summed E-state index contributed by atoms with van der Waals surface area (Å²) in [5.41, 5.74) is 2.52. The molecule has 3 rings (SSSR count). The number of carbonyl (C=O) groups is 1. The number of hydrogen-bond donors (Lipinski definition) is 1. The molecule has 0 saturated carbocycles. The van der Waals surface area contributed by atoms with Gasteiger partial charge in [0.05, 0.1) is 7.11 Å². The Kier molecular flexibility index (Phi) is 4.05. The molecule has 0 aliphatic heterocycles. The second kappa shape index (κ2) is 6.31. The quantitative estimate of drug-likeness (QED) is 0.800. The lowest BCUT2D eigenvalue weighted by Gasteiger charge is -2.03. The molecule has 23 heavy (non-hydrogen) atoms. The smallest absolute Gasteiger partial charge is 0.313 e. The van der Waals surface area contributed by atoms with Gasteiger partial charge in [-0.05, 0) is 43.3 Å². The largest absolute Gasteiger partial charge is 0.497 e. The van der Waals surface area contributed by atoms with Crippen molar-refractivity contribution in [3.05, 3.63) is 60.0 Å². The number of methoxy groups -OCH3 is 1. The van der Waals surface area contributed by atoms with Crippen molar-refractivity contribution in [2.75, 3.05) is 12.4 Å². The van der Waals surface area contributed by atoms with Crippen molar-refractivity contribution >= 4 is 11.6 Å². The average molecular weight is 309 g/mol. The third kappa shape index (κ3) is 3.37. The number of ether oxygens (including phenoxy) is 1. The summed E-state index contributed by atoms with van der Waals surface area (Å²) in [4.78, 5) is 12.1.